The maximum absolute atomic E-state index is 11.1. The molecule has 0 aliphatic carbocycles. The second kappa shape index (κ2) is 3.87. The van der Waals surface area contributed by atoms with Crippen LogP contribution < -0.4 is 0 Å². The van der Waals surface area contributed by atoms with Gasteiger partial charge in [0.15, 0.2) is 5.78 Å². The van der Waals surface area contributed by atoms with Gasteiger partial charge in [-0.15, -0.1) is 0 Å². The quantitative estimate of drug-likeness (QED) is 0.529. The fourth-order valence-corrected chi connectivity index (χ4v) is 1.70. The lowest BCUT2D eigenvalue weighted by molar-refractivity contribution is 0.101. The molecule has 0 bridgehead atoms. The highest BCUT2D eigenvalue weighted by atomic mass is 35.5. The predicted octanol–water partition coefficient (Wildman–Crippen LogP) is 4.16. The van der Waals surface area contributed by atoms with E-state index in [0.717, 1.165) is 0 Å². The van der Waals surface area contributed by atoms with E-state index in [4.69, 9.17) is 34.8 Å². The molecule has 0 aromatic heterocycles. The highest BCUT2D eigenvalue weighted by molar-refractivity contribution is 6.48. The van der Waals surface area contributed by atoms with Gasteiger partial charge in [-0.25, -0.2) is 0 Å². The minimum absolute atomic E-state index is 0.0713. The topological polar surface area (TPSA) is 17.1 Å². The smallest absolute Gasteiger partial charge is 0.160 e. The van der Waals surface area contributed by atoms with Gasteiger partial charge in [0.05, 0.1) is 15.1 Å². The molecule has 0 N–H and O–H groups in total. The van der Waals surface area contributed by atoms with Crippen molar-refractivity contribution in [1.29, 1.82) is 0 Å². The SMILES string of the molecule is CC(=O)c1cc(Cl)c(Cl)c(Cl)c1C. The van der Waals surface area contributed by atoms with Gasteiger partial charge in [0, 0.05) is 5.56 Å². The molecular formula is C9H7Cl3O. The number of rotatable bonds is 1. The number of carbonyl (C=O) groups excluding carboxylic acids is 1. The van der Waals surface area contributed by atoms with Crippen LogP contribution in [0, 0.1) is 6.92 Å². The third-order valence-electron chi connectivity index (χ3n) is 1.79. The molecule has 1 aromatic rings. The molecule has 1 aromatic carbocycles. The van der Waals surface area contributed by atoms with Crippen LogP contribution in [0.1, 0.15) is 22.8 Å². The molecule has 0 saturated carbocycles. The van der Waals surface area contributed by atoms with Crippen LogP contribution in [0.4, 0.5) is 0 Å². The van der Waals surface area contributed by atoms with Crippen molar-refractivity contribution in [3.63, 3.8) is 0 Å². The van der Waals surface area contributed by atoms with E-state index in [9.17, 15) is 4.79 Å². The first-order valence-electron chi connectivity index (χ1n) is 3.60. The van der Waals surface area contributed by atoms with Crippen molar-refractivity contribution in [3.8, 4) is 0 Å². The normalized spacial score (nSPS) is 10.2. The second-order valence-corrected chi connectivity index (χ2v) is 3.88. The summed E-state index contributed by atoms with van der Waals surface area (Å²) in [5.41, 5.74) is 1.18. The van der Waals surface area contributed by atoms with Crippen molar-refractivity contribution in [3.05, 3.63) is 32.3 Å². The molecule has 1 rings (SSSR count). The van der Waals surface area contributed by atoms with Gasteiger partial charge < -0.3 is 0 Å². The molecule has 0 atom stereocenters. The molecule has 0 saturated heterocycles. The molecule has 0 aliphatic rings. The van der Waals surface area contributed by atoms with Gasteiger partial charge in [0.2, 0.25) is 0 Å². The largest absolute Gasteiger partial charge is 0.294 e. The van der Waals surface area contributed by atoms with Crippen LogP contribution in [0.5, 0.6) is 0 Å². The van der Waals surface area contributed by atoms with Gasteiger partial charge >= 0.3 is 0 Å². The van der Waals surface area contributed by atoms with E-state index in [2.05, 4.69) is 0 Å². The summed E-state index contributed by atoms with van der Waals surface area (Å²) >= 11 is 17.4. The molecule has 0 radical (unpaired) electrons. The Bertz CT molecular complexity index is 372. The number of hydrogen-bond acceptors (Lipinski definition) is 1. The molecular weight excluding hydrogens is 230 g/mol. The maximum Gasteiger partial charge on any atom is 0.160 e. The Morgan fingerprint density at radius 3 is 2.23 bits per heavy atom. The van der Waals surface area contributed by atoms with E-state index in [-0.39, 0.29) is 5.78 Å². The zero-order valence-electron chi connectivity index (χ0n) is 7.12. The van der Waals surface area contributed by atoms with E-state index >= 15 is 0 Å². The Kier molecular flexibility index (Phi) is 3.23. The zero-order valence-corrected chi connectivity index (χ0v) is 9.39. The number of hydrogen-bond donors (Lipinski definition) is 0. The number of Topliss-reactive ketones (excluding diaryl/α,β-unsaturated/α-hetero) is 1. The average Bonchev–Trinajstić information content (AvgIpc) is 2.07. The van der Waals surface area contributed by atoms with Crippen LogP contribution in [-0.4, -0.2) is 5.78 Å². The van der Waals surface area contributed by atoms with E-state index in [1.165, 1.54) is 13.0 Å². The average molecular weight is 238 g/mol. The number of ketones is 1. The van der Waals surface area contributed by atoms with Gasteiger partial charge in [0.1, 0.15) is 0 Å². The summed E-state index contributed by atoms with van der Waals surface area (Å²) < 4.78 is 0. The lowest BCUT2D eigenvalue weighted by Crippen LogP contribution is -1.97. The standard InChI is InChI=1S/C9H7Cl3O/c1-4-6(5(2)13)3-7(10)9(12)8(4)11/h3H,1-2H3. The monoisotopic (exact) mass is 236 g/mol. The van der Waals surface area contributed by atoms with Crippen LogP contribution in [0.2, 0.25) is 15.1 Å². The van der Waals surface area contributed by atoms with E-state index < -0.39 is 0 Å². The summed E-state index contributed by atoms with van der Waals surface area (Å²) in [6.45, 7) is 3.20. The van der Waals surface area contributed by atoms with E-state index in [0.29, 0.717) is 26.2 Å². The van der Waals surface area contributed by atoms with E-state index in [1.807, 2.05) is 0 Å². The van der Waals surface area contributed by atoms with Gasteiger partial charge in [-0.1, -0.05) is 34.8 Å². The fraction of sp³-hybridized carbons (Fsp3) is 0.222. The van der Waals surface area contributed by atoms with Crippen molar-refractivity contribution in [2.24, 2.45) is 0 Å². The molecule has 0 amide bonds. The van der Waals surface area contributed by atoms with Crippen molar-refractivity contribution < 1.29 is 4.79 Å². The Labute approximate surface area is 91.6 Å². The Morgan fingerprint density at radius 1 is 1.23 bits per heavy atom. The van der Waals surface area contributed by atoms with Crippen molar-refractivity contribution in [2.45, 2.75) is 13.8 Å². The molecule has 0 fully saturated rings. The molecule has 13 heavy (non-hydrogen) atoms. The van der Waals surface area contributed by atoms with Gasteiger partial charge in [0.25, 0.3) is 0 Å². The molecule has 1 nitrogen and oxygen atoms in total. The van der Waals surface area contributed by atoms with Crippen molar-refractivity contribution in [1.82, 2.24) is 0 Å². The van der Waals surface area contributed by atoms with E-state index in [1.54, 1.807) is 6.92 Å². The summed E-state index contributed by atoms with van der Waals surface area (Å²) in [5.74, 6) is -0.0713. The molecule has 0 heterocycles. The van der Waals surface area contributed by atoms with Crippen LogP contribution >= 0.6 is 34.8 Å². The third kappa shape index (κ3) is 1.98. The Hall–Kier alpha value is -0.240. The summed E-state index contributed by atoms with van der Waals surface area (Å²) in [4.78, 5) is 11.1. The number of benzene rings is 1. The number of halogens is 3. The second-order valence-electron chi connectivity index (χ2n) is 2.72. The summed E-state index contributed by atoms with van der Waals surface area (Å²) in [6, 6.07) is 1.54. The lowest BCUT2D eigenvalue weighted by atomic mass is 10.1. The first kappa shape index (κ1) is 10.8. The number of carbonyl (C=O) groups is 1. The lowest BCUT2D eigenvalue weighted by Gasteiger charge is -2.07. The molecule has 4 heteroatoms. The minimum atomic E-state index is -0.0713. The fourth-order valence-electron chi connectivity index (χ4n) is 1.05. The molecule has 0 spiro atoms. The Morgan fingerprint density at radius 2 is 1.77 bits per heavy atom. The van der Waals surface area contributed by atoms with Crippen LogP contribution in [0.15, 0.2) is 6.07 Å². The minimum Gasteiger partial charge on any atom is -0.294 e. The van der Waals surface area contributed by atoms with Crippen LogP contribution in [0.3, 0.4) is 0 Å². The summed E-state index contributed by atoms with van der Waals surface area (Å²) in [5, 5.41) is 0.952. The highest BCUT2D eigenvalue weighted by Gasteiger charge is 2.13. The molecule has 70 valence electrons. The molecule has 0 unspecified atom stereocenters. The Balaban J connectivity index is 3.50. The van der Waals surface area contributed by atoms with Crippen molar-refractivity contribution >= 4 is 40.6 Å². The van der Waals surface area contributed by atoms with Gasteiger partial charge in [-0.3, -0.25) is 4.79 Å². The van der Waals surface area contributed by atoms with Crippen LogP contribution in [-0.2, 0) is 0 Å². The molecule has 0 aliphatic heterocycles. The summed E-state index contributed by atoms with van der Waals surface area (Å²) in [6.07, 6.45) is 0. The first-order chi connectivity index (χ1) is 5.95. The predicted molar refractivity (Wildman–Crippen MR) is 56.2 cm³/mol. The van der Waals surface area contributed by atoms with Crippen molar-refractivity contribution in [2.75, 3.05) is 0 Å². The maximum atomic E-state index is 11.1. The van der Waals surface area contributed by atoms with Crippen LogP contribution in [0.25, 0.3) is 0 Å². The highest BCUT2D eigenvalue weighted by Crippen LogP contribution is 2.34. The third-order valence-corrected chi connectivity index (χ3v) is 3.14. The van der Waals surface area contributed by atoms with Gasteiger partial charge in [-0.2, -0.15) is 0 Å². The summed E-state index contributed by atoms with van der Waals surface area (Å²) in [7, 11) is 0. The zero-order chi connectivity index (χ0) is 10.2. The van der Waals surface area contributed by atoms with Gasteiger partial charge in [-0.05, 0) is 25.5 Å². The first-order valence-corrected chi connectivity index (χ1v) is 4.73.